The predicted octanol–water partition coefficient (Wildman–Crippen LogP) is 6.72. The SMILES string of the molecule is O=C(CSc1nnc(-c2cccc(Cl)c2)n1-c1ccccc1)c1ccc2ccccc2c1. The molecule has 0 radical (unpaired) electrons. The van der Waals surface area contributed by atoms with Gasteiger partial charge in [0.2, 0.25) is 0 Å². The zero-order valence-electron chi connectivity index (χ0n) is 17.0. The van der Waals surface area contributed by atoms with E-state index in [9.17, 15) is 4.79 Å². The normalized spacial score (nSPS) is 11.0. The Labute approximate surface area is 194 Å². The summed E-state index contributed by atoms with van der Waals surface area (Å²) in [7, 11) is 0. The van der Waals surface area contributed by atoms with Crippen LogP contribution in [0.2, 0.25) is 5.02 Å². The Morgan fingerprint density at radius 2 is 1.59 bits per heavy atom. The number of para-hydroxylation sites is 1. The highest BCUT2D eigenvalue weighted by Crippen LogP contribution is 2.29. The van der Waals surface area contributed by atoms with Crippen LogP contribution >= 0.6 is 23.4 Å². The second kappa shape index (κ2) is 8.99. The summed E-state index contributed by atoms with van der Waals surface area (Å²) in [6, 6.07) is 31.2. The van der Waals surface area contributed by atoms with E-state index >= 15 is 0 Å². The Hall–Kier alpha value is -3.41. The molecule has 1 heterocycles. The van der Waals surface area contributed by atoms with Gasteiger partial charge in [0.1, 0.15) is 0 Å². The van der Waals surface area contributed by atoms with Gasteiger partial charge in [0.25, 0.3) is 0 Å². The van der Waals surface area contributed by atoms with E-state index in [1.807, 2.05) is 102 Å². The van der Waals surface area contributed by atoms with Crippen molar-refractivity contribution in [2.45, 2.75) is 5.16 Å². The highest BCUT2D eigenvalue weighted by Gasteiger charge is 2.18. The van der Waals surface area contributed by atoms with Crippen molar-refractivity contribution in [2.24, 2.45) is 0 Å². The average Bonchev–Trinajstić information content (AvgIpc) is 3.27. The van der Waals surface area contributed by atoms with Gasteiger partial charge in [0.15, 0.2) is 16.8 Å². The number of hydrogen-bond acceptors (Lipinski definition) is 4. The molecule has 0 saturated heterocycles. The Morgan fingerprint density at radius 3 is 2.41 bits per heavy atom. The molecule has 0 atom stereocenters. The number of benzene rings is 4. The monoisotopic (exact) mass is 455 g/mol. The van der Waals surface area contributed by atoms with Crippen LogP contribution in [0.15, 0.2) is 102 Å². The van der Waals surface area contributed by atoms with Crippen LogP contribution in [0.1, 0.15) is 10.4 Å². The molecule has 0 unspecified atom stereocenters. The number of nitrogens with zero attached hydrogens (tertiary/aromatic N) is 3. The van der Waals surface area contributed by atoms with Crippen molar-refractivity contribution in [1.82, 2.24) is 14.8 Å². The number of carbonyl (C=O) groups excluding carboxylic acids is 1. The molecule has 0 bridgehead atoms. The minimum atomic E-state index is 0.0488. The lowest BCUT2D eigenvalue weighted by molar-refractivity contribution is 0.102. The summed E-state index contributed by atoms with van der Waals surface area (Å²) in [5.41, 5.74) is 2.48. The van der Waals surface area contributed by atoms with E-state index in [0.29, 0.717) is 21.6 Å². The van der Waals surface area contributed by atoms with Gasteiger partial charge in [-0.05, 0) is 41.1 Å². The third-order valence-electron chi connectivity index (χ3n) is 5.13. The molecule has 4 nitrogen and oxygen atoms in total. The van der Waals surface area contributed by atoms with E-state index in [-0.39, 0.29) is 11.5 Å². The molecule has 0 aliphatic heterocycles. The van der Waals surface area contributed by atoms with E-state index < -0.39 is 0 Å². The van der Waals surface area contributed by atoms with Crippen LogP contribution in [0.5, 0.6) is 0 Å². The van der Waals surface area contributed by atoms with Crippen molar-refractivity contribution in [3.63, 3.8) is 0 Å². The summed E-state index contributed by atoms with van der Waals surface area (Å²) in [6.45, 7) is 0. The Morgan fingerprint density at radius 1 is 0.812 bits per heavy atom. The quantitative estimate of drug-likeness (QED) is 0.211. The first-order valence-electron chi connectivity index (χ1n) is 10.1. The van der Waals surface area contributed by atoms with Gasteiger partial charge in [-0.1, -0.05) is 90.1 Å². The fourth-order valence-corrected chi connectivity index (χ4v) is 4.60. The van der Waals surface area contributed by atoms with Crippen LogP contribution in [-0.4, -0.2) is 26.3 Å². The van der Waals surface area contributed by atoms with Gasteiger partial charge < -0.3 is 0 Å². The maximum Gasteiger partial charge on any atom is 0.196 e. The van der Waals surface area contributed by atoms with Crippen molar-refractivity contribution in [3.8, 4) is 17.1 Å². The van der Waals surface area contributed by atoms with E-state index in [0.717, 1.165) is 22.0 Å². The summed E-state index contributed by atoms with van der Waals surface area (Å²) < 4.78 is 1.96. The van der Waals surface area contributed by atoms with Crippen molar-refractivity contribution in [1.29, 1.82) is 0 Å². The van der Waals surface area contributed by atoms with Gasteiger partial charge in [0.05, 0.1) is 5.75 Å². The molecule has 32 heavy (non-hydrogen) atoms. The molecular formula is C26H18ClN3OS. The Kier molecular flexibility index (Phi) is 5.75. The average molecular weight is 456 g/mol. The van der Waals surface area contributed by atoms with E-state index in [2.05, 4.69) is 10.2 Å². The number of halogens is 1. The molecule has 156 valence electrons. The van der Waals surface area contributed by atoms with Crippen LogP contribution in [0.4, 0.5) is 0 Å². The molecular weight excluding hydrogens is 438 g/mol. The molecule has 5 aromatic rings. The van der Waals surface area contributed by atoms with E-state index in [1.165, 1.54) is 11.8 Å². The lowest BCUT2D eigenvalue weighted by Crippen LogP contribution is -2.05. The summed E-state index contributed by atoms with van der Waals surface area (Å²) in [6.07, 6.45) is 0. The van der Waals surface area contributed by atoms with Crippen LogP contribution in [-0.2, 0) is 0 Å². The van der Waals surface area contributed by atoms with E-state index in [4.69, 9.17) is 11.6 Å². The first-order valence-corrected chi connectivity index (χ1v) is 11.5. The van der Waals surface area contributed by atoms with Crippen LogP contribution in [0, 0.1) is 0 Å². The summed E-state index contributed by atoms with van der Waals surface area (Å²) in [5, 5.41) is 12.3. The molecule has 0 N–H and O–H groups in total. The van der Waals surface area contributed by atoms with Gasteiger partial charge in [-0.2, -0.15) is 0 Å². The molecule has 5 rings (SSSR count). The lowest BCUT2D eigenvalue weighted by Gasteiger charge is -2.10. The maximum absolute atomic E-state index is 12.9. The van der Waals surface area contributed by atoms with Crippen LogP contribution in [0.25, 0.3) is 27.8 Å². The molecule has 4 aromatic carbocycles. The number of ketones is 1. The topological polar surface area (TPSA) is 47.8 Å². The molecule has 6 heteroatoms. The number of Topliss-reactive ketones (excluding diaryl/α,β-unsaturated/α-hetero) is 1. The number of hydrogen-bond donors (Lipinski definition) is 0. The van der Waals surface area contributed by atoms with Gasteiger partial charge in [-0.15, -0.1) is 10.2 Å². The largest absolute Gasteiger partial charge is 0.293 e. The van der Waals surface area contributed by atoms with Gasteiger partial charge in [0, 0.05) is 21.8 Å². The van der Waals surface area contributed by atoms with Crippen LogP contribution < -0.4 is 0 Å². The smallest absolute Gasteiger partial charge is 0.196 e. The summed E-state index contributed by atoms with van der Waals surface area (Å²) in [5.74, 6) is 0.991. The number of fused-ring (bicyclic) bond motifs is 1. The predicted molar refractivity (Wildman–Crippen MR) is 131 cm³/mol. The zero-order chi connectivity index (χ0) is 21.9. The molecule has 0 amide bonds. The Balaban J connectivity index is 1.46. The lowest BCUT2D eigenvalue weighted by atomic mass is 10.1. The number of rotatable bonds is 6. The minimum absolute atomic E-state index is 0.0488. The highest BCUT2D eigenvalue weighted by atomic mass is 35.5. The first-order chi connectivity index (χ1) is 15.7. The second-order valence-electron chi connectivity index (χ2n) is 7.26. The molecule has 0 aliphatic rings. The van der Waals surface area contributed by atoms with Crippen molar-refractivity contribution in [3.05, 3.63) is 108 Å². The van der Waals surface area contributed by atoms with E-state index in [1.54, 1.807) is 0 Å². The highest BCUT2D eigenvalue weighted by molar-refractivity contribution is 7.99. The van der Waals surface area contributed by atoms with Crippen molar-refractivity contribution in [2.75, 3.05) is 5.75 Å². The molecule has 0 saturated carbocycles. The Bertz CT molecular complexity index is 1420. The third-order valence-corrected chi connectivity index (χ3v) is 6.30. The maximum atomic E-state index is 12.9. The first kappa shape index (κ1) is 20.5. The summed E-state index contributed by atoms with van der Waals surface area (Å²) >= 11 is 7.58. The zero-order valence-corrected chi connectivity index (χ0v) is 18.6. The molecule has 0 aliphatic carbocycles. The molecule has 1 aromatic heterocycles. The van der Waals surface area contributed by atoms with Crippen LogP contribution in [0.3, 0.4) is 0 Å². The number of thioether (sulfide) groups is 1. The standard InChI is InChI=1S/C26H18ClN3OS/c27-22-10-6-9-21(16-22)25-28-29-26(30(25)23-11-2-1-3-12-23)32-17-24(31)20-14-13-18-7-4-5-8-19(18)15-20/h1-16H,17H2. The molecule has 0 spiro atoms. The van der Waals surface area contributed by atoms with Crippen molar-refractivity contribution < 1.29 is 4.79 Å². The van der Waals surface area contributed by atoms with Gasteiger partial charge in [-0.3, -0.25) is 9.36 Å². The van der Waals surface area contributed by atoms with Gasteiger partial charge in [-0.25, -0.2) is 0 Å². The number of carbonyl (C=O) groups is 1. The fourth-order valence-electron chi connectivity index (χ4n) is 3.56. The third kappa shape index (κ3) is 4.17. The van der Waals surface area contributed by atoms with Gasteiger partial charge >= 0.3 is 0 Å². The summed E-state index contributed by atoms with van der Waals surface area (Å²) in [4.78, 5) is 12.9. The number of aromatic nitrogens is 3. The van der Waals surface area contributed by atoms with Crippen molar-refractivity contribution >= 4 is 39.9 Å². The minimum Gasteiger partial charge on any atom is -0.293 e. The second-order valence-corrected chi connectivity index (χ2v) is 8.64. The molecule has 0 fully saturated rings. The fraction of sp³-hybridized carbons (Fsp3) is 0.0385.